The van der Waals surface area contributed by atoms with Crippen LogP contribution in [0.25, 0.3) is 5.69 Å². The normalized spacial score (nSPS) is 11.0. The fourth-order valence-corrected chi connectivity index (χ4v) is 2.16. The van der Waals surface area contributed by atoms with Crippen LogP contribution in [-0.4, -0.2) is 22.2 Å². The first kappa shape index (κ1) is 19.5. The Hall–Kier alpha value is -1.56. The van der Waals surface area contributed by atoms with Gasteiger partial charge in [-0.2, -0.15) is 5.10 Å². The molecular formula is C16H22Cl2N4O. The Kier molecular flexibility index (Phi) is 6.62. The number of hydrogen-bond acceptors (Lipinski definition) is 3. The molecule has 1 heterocycles. The van der Waals surface area contributed by atoms with Gasteiger partial charge in [0.15, 0.2) is 0 Å². The maximum Gasteiger partial charge on any atom is 0.226 e. The predicted octanol–water partition coefficient (Wildman–Crippen LogP) is 3.53. The molecule has 1 aromatic heterocycles. The molecule has 126 valence electrons. The molecule has 0 saturated carbocycles. The van der Waals surface area contributed by atoms with Crippen molar-refractivity contribution in [1.82, 2.24) is 9.78 Å². The lowest BCUT2D eigenvalue weighted by Crippen LogP contribution is -2.18. The van der Waals surface area contributed by atoms with Crippen LogP contribution in [0, 0.1) is 0 Å². The van der Waals surface area contributed by atoms with E-state index >= 15 is 0 Å². The third-order valence-corrected chi connectivity index (χ3v) is 3.40. The summed E-state index contributed by atoms with van der Waals surface area (Å²) in [6.45, 7) is 6.53. The lowest BCUT2D eigenvalue weighted by molar-refractivity contribution is -0.116. The van der Waals surface area contributed by atoms with Gasteiger partial charge < -0.3 is 11.1 Å². The molecule has 0 aliphatic carbocycles. The molecule has 0 unspecified atom stereocenters. The molecule has 1 amide bonds. The van der Waals surface area contributed by atoms with Gasteiger partial charge >= 0.3 is 0 Å². The van der Waals surface area contributed by atoms with Crippen LogP contribution in [0.4, 0.5) is 5.82 Å². The molecule has 0 aliphatic rings. The summed E-state index contributed by atoms with van der Waals surface area (Å²) >= 11 is 6.05. The highest BCUT2D eigenvalue weighted by Gasteiger charge is 2.21. The Labute approximate surface area is 147 Å². The number of amides is 1. The number of anilines is 1. The summed E-state index contributed by atoms with van der Waals surface area (Å²) in [5.74, 6) is 0.483. The minimum Gasteiger partial charge on any atom is -0.330 e. The first-order valence-electron chi connectivity index (χ1n) is 7.17. The van der Waals surface area contributed by atoms with E-state index in [2.05, 4.69) is 31.2 Å². The molecule has 0 saturated heterocycles. The van der Waals surface area contributed by atoms with Gasteiger partial charge in [-0.1, -0.05) is 38.4 Å². The summed E-state index contributed by atoms with van der Waals surface area (Å²) in [6.07, 6.45) is 0.269. The van der Waals surface area contributed by atoms with Crippen molar-refractivity contribution in [3.05, 3.63) is 41.0 Å². The Morgan fingerprint density at radius 3 is 2.61 bits per heavy atom. The Morgan fingerprint density at radius 2 is 2.04 bits per heavy atom. The van der Waals surface area contributed by atoms with Gasteiger partial charge in [0.1, 0.15) is 5.82 Å². The van der Waals surface area contributed by atoms with Crippen molar-refractivity contribution in [1.29, 1.82) is 0 Å². The number of nitrogens with two attached hydrogens (primary N) is 1. The van der Waals surface area contributed by atoms with E-state index in [1.54, 1.807) is 16.8 Å². The van der Waals surface area contributed by atoms with E-state index in [0.717, 1.165) is 11.4 Å². The summed E-state index contributed by atoms with van der Waals surface area (Å²) in [7, 11) is 0. The molecule has 2 rings (SSSR count). The highest BCUT2D eigenvalue weighted by molar-refractivity contribution is 6.30. The van der Waals surface area contributed by atoms with E-state index in [9.17, 15) is 4.79 Å². The largest absolute Gasteiger partial charge is 0.330 e. The number of aromatic nitrogens is 2. The number of carbonyl (C=O) groups is 1. The summed E-state index contributed by atoms with van der Waals surface area (Å²) in [5.41, 5.74) is 6.98. The molecule has 5 nitrogen and oxygen atoms in total. The van der Waals surface area contributed by atoms with Crippen LogP contribution in [0.15, 0.2) is 30.3 Å². The van der Waals surface area contributed by atoms with Crippen LogP contribution in [0.1, 0.15) is 32.9 Å². The lowest BCUT2D eigenvalue weighted by atomic mass is 9.92. The Morgan fingerprint density at radius 1 is 1.35 bits per heavy atom. The minimum atomic E-state index is -0.133. The zero-order chi connectivity index (χ0) is 16.3. The minimum absolute atomic E-state index is 0. The summed E-state index contributed by atoms with van der Waals surface area (Å²) in [5, 5.41) is 8.09. The quantitative estimate of drug-likeness (QED) is 0.879. The monoisotopic (exact) mass is 356 g/mol. The van der Waals surface area contributed by atoms with E-state index < -0.39 is 0 Å². The van der Waals surface area contributed by atoms with Gasteiger partial charge in [0.2, 0.25) is 5.91 Å². The highest BCUT2D eigenvalue weighted by Crippen LogP contribution is 2.27. The zero-order valence-corrected chi connectivity index (χ0v) is 15.0. The fourth-order valence-electron chi connectivity index (χ4n) is 1.98. The van der Waals surface area contributed by atoms with Crippen molar-refractivity contribution in [2.24, 2.45) is 5.73 Å². The molecule has 2 aromatic rings. The third kappa shape index (κ3) is 4.96. The summed E-state index contributed by atoms with van der Waals surface area (Å²) in [4.78, 5) is 11.9. The molecule has 3 N–H and O–H groups in total. The van der Waals surface area contributed by atoms with E-state index in [1.807, 2.05) is 18.2 Å². The molecule has 0 radical (unpaired) electrons. The van der Waals surface area contributed by atoms with Gasteiger partial charge in [-0.25, -0.2) is 4.68 Å². The van der Waals surface area contributed by atoms with Gasteiger partial charge in [-0.3, -0.25) is 4.79 Å². The van der Waals surface area contributed by atoms with Crippen LogP contribution >= 0.6 is 24.0 Å². The molecule has 0 spiro atoms. The Balaban J connectivity index is 0.00000264. The zero-order valence-electron chi connectivity index (χ0n) is 13.5. The molecular weight excluding hydrogens is 335 g/mol. The number of benzene rings is 1. The number of rotatable bonds is 4. The van der Waals surface area contributed by atoms with Crippen LogP contribution in [0.2, 0.25) is 5.02 Å². The van der Waals surface area contributed by atoms with E-state index in [0.29, 0.717) is 17.4 Å². The smallest absolute Gasteiger partial charge is 0.226 e. The summed E-state index contributed by atoms with van der Waals surface area (Å²) in [6, 6.07) is 9.23. The van der Waals surface area contributed by atoms with Gasteiger partial charge in [-0.15, -0.1) is 12.4 Å². The topological polar surface area (TPSA) is 72.9 Å². The van der Waals surface area contributed by atoms with E-state index in [-0.39, 0.29) is 30.2 Å². The number of nitrogens with zero attached hydrogens (tertiary/aromatic N) is 2. The predicted molar refractivity (Wildman–Crippen MR) is 96.8 cm³/mol. The number of hydrogen-bond donors (Lipinski definition) is 2. The standard InChI is InChI=1S/C16H21ClN4O.ClH/c1-16(2,3)13-10-14(19-15(22)7-8-18)21(20-13)12-6-4-5-11(17)9-12;/h4-6,9-10H,7-8,18H2,1-3H3,(H,19,22);1H. The van der Waals surface area contributed by atoms with E-state index in [1.165, 1.54) is 0 Å². The van der Waals surface area contributed by atoms with Crippen LogP contribution in [0.3, 0.4) is 0 Å². The lowest BCUT2D eigenvalue weighted by Gasteiger charge is -2.14. The number of carbonyl (C=O) groups excluding carboxylic acids is 1. The van der Waals surface area contributed by atoms with Crippen molar-refractivity contribution >= 4 is 35.7 Å². The molecule has 23 heavy (non-hydrogen) atoms. The second kappa shape index (κ2) is 7.81. The van der Waals surface area contributed by atoms with Crippen LogP contribution in [-0.2, 0) is 10.2 Å². The Bertz CT molecular complexity index is 677. The second-order valence-electron chi connectivity index (χ2n) is 6.14. The molecule has 1 aromatic carbocycles. The first-order valence-corrected chi connectivity index (χ1v) is 7.55. The number of halogens is 2. The van der Waals surface area contributed by atoms with Gasteiger partial charge in [0.25, 0.3) is 0 Å². The molecule has 0 bridgehead atoms. The van der Waals surface area contributed by atoms with Crippen molar-refractivity contribution in [2.45, 2.75) is 32.6 Å². The van der Waals surface area contributed by atoms with Crippen LogP contribution < -0.4 is 11.1 Å². The highest BCUT2D eigenvalue weighted by atomic mass is 35.5. The third-order valence-electron chi connectivity index (χ3n) is 3.17. The molecule has 0 aliphatic heterocycles. The second-order valence-corrected chi connectivity index (χ2v) is 6.58. The van der Waals surface area contributed by atoms with Gasteiger partial charge in [-0.05, 0) is 18.2 Å². The SMILES string of the molecule is CC(C)(C)c1cc(NC(=O)CCN)n(-c2cccc(Cl)c2)n1.Cl. The van der Waals surface area contributed by atoms with Gasteiger partial charge in [0, 0.05) is 29.5 Å². The maximum atomic E-state index is 11.9. The number of nitrogens with one attached hydrogen (secondary N) is 1. The van der Waals surface area contributed by atoms with Crippen molar-refractivity contribution in [3.8, 4) is 5.69 Å². The average molecular weight is 357 g/mol. The van der Waals surface area contributed by atoms with Crippen LogP contribution in [0.5, 0.6) is 0 Å². The summed E-state index contributed by atoms with van der Waals surface area (Å²) < 4.78 is 1.70. The molecule has 0 fully saturated rings. The fraction of sp³-hybridized carbons (Fsp3) is 0.375. The van der Waals surface area contributed by atoms with E-state index in [4.69, 9.17) is 17.3 Å². The molecule has 7 heteroatoms. The maximum absolute atomic E-state index is 11.9. The average Bonchev–Trinajstić information content (AvgIpc) is 2.82. The van der Waals surface area contributed by atoms with Crippen molar-refractivity contribution < 1.29 is 4.79 Å². The molecule has 0 atom stereocenters. The van der Waals surface area contributed by atoms with Gasteiger partial charge in [0.05, 0.1) is 11.4 Å². The van der Waals surface area contributed by atoms with Crippen molar-refractivity contribution in [3.63, 3.8) is 0 Å². The van der Waals surface area contributed by atoms with Crippen molar-refractivity contribution in [2.75, 3.05) is 11.9 Å². The first-order chi connectivity index (χ1) is 10.3.